The number of rotatable bonds is 4. The molecule has 0 aromatic heterocycles. The Morgan fingerprint density at radius 1 is 1.17 bits per heavy atom. The van der Waals surface area contributed by atoms with Crippen molar-refractivity contribution in [2.45, 2.75) is 19.2 Å². The Morgan fingerprint density at radius 2 is 1.72 bits per heavy atom. The minimum atomic E-state index is -1.36. The molecule has 0 amide bonds. The van der Waals surface area contributed by atoms with Gasteiger partial charge in [-0.3, -0.25) is 4.79 Å². The molecule has 98 valence electrons. The average Bonchev–Trinajstić information content (AvgIpc) is 2.38. The fourth-order valence-electron chi connectivity index (χ4n) is 1.50. The third-order valence-corrected chi connectivity index (χ3v) is 3.10. The van der Waals surface area contributed by atoms with Gasteiger partial charge in [-0.2, -0.15) is 0 Å². The summed E-state index contributed by atoms with van der Waals surface area (Å²) in [6.45, 7) is 3.78. The molecular weight excluding hydrogens is 256 g/mol. The van der Waals surface area contributed by atoms with Crippen LogP contribution >= 0.6 is 11.6 Å². The lowest BCUT2D eigenvalue weighted by Crippen LogP contribution is -2.26. The zero-order chi connectivity index (χ0) is 13.9. The molecule has 0 heterocycles. The first-order chi connectivity index (χ1) is 8.42. The lowest BCUT2D eigenvalue weighted by atomic mass is 10.0. The molecule has 0 saturated carbocycles. The van der Waals surface area contributed by atoms with E-state index in [1.165, 1.54) is 14.2 Å². The zero-order valence-corrected chi connectivity index (χ0v) is 11.5. The van der Waals surface area contributed by atoms with Crippen LogP contribution < -0.4 is 4.74 Å². The Kier molecular flexibility index (Phi) is 4.73. The number of esters is 1. The fourth-order valence-corrected chi connectivity index (χ4v) is 1.70. The molecule has 5 heteroatoms. The Bertz CT molecular complexity index is 482. The van der Waals surface area contributed by atoms with Crippen LogP contribution in [0.3, 0.4) is 0 Å². The van der Waals surface area contributed by atoms with Crippen molar-refractivity contribution in [3.05, 3.63) is 28.8 Å². The number of carbonyl (C=O) groups is 2. The van der Waals surface area contributed by atoms with Gasteiger partial charge in [-0.05, 0) is 37.1 Å². The molecule has 0 spiro atoms. The quantitative estimate of drug-likeness (QED) is 0.365. The number of halogens is 1. The van der Waals surface area contributed by atoms with Crippen LogP contribution in [0.1, 0.15) is 21.5 Å². The maximum absolute atomic E-state index is 12.1. The highest BCUT2D eigenvalue weighted by atomic mass is 35.5. The molecule has 1 aromatic rings. The van der Waals surface area contributed by atoms with Crippen molar-refractivity contribution in [3.63, 3.8) is 0 Å². The number of alkyl halides is 1. The van der Waals surface area contributed by atoms with Gasteiger partial charge >= 0.3 is 5.97 Å². The van der Waals surface area contributed by atoms with Gasteiger partial charge in [0.25, 0.3) is 0 Å². The summed E-state index contributed by atoms with van der Waals surface area (Å²) in [5, 5.41) is -1.36. The van der Waals surface area contributed by atoms with Gasteiger partial charge in [-0.25, -0.2) is 4.79 Å². The molecular formula is C13H15ClO4. The number of hydrogen-bond acceptors (Lipinski definition) is 4. The molecule has 1 aromatic carbocycles. The van der Waals surface area contributed by atoms with Gasteiger partial charge in [0, 0.05) is 0 Å². The highest BCUT2D eigenvalue weighted by Crippen LogP contribution is 2.25. The molecule has 0 saturated heterocycles. The molecule has 18 heavy (non-hydrogen) atoms. The SMILES string of the molecule is COC(=O)C(Cl)C(=O)c1cc(C)c(C)cc1OC. The molecule has 0 aliphatic rings. The Balaban J connectivity index is 3.20. The first-order valence-corrected chi connectivity index (χ1v) is 5.77. The standard InChI is InChI=1S/C13H15ClO4/c1-7-5-9(10(17-3)6-8(7)2)12(15)11(14)13(16)18-4/h5-6,11H,1-4H3. The van der Waals surface area contributed by atoms with Gasteiger partial charge in [0.15, 0.2) is 11.2 Å². The smallest absolute Gasteiger partial charge is 0.331 e. The second-order valence-corrected chi connectivity index (χ2v) is 4.32. The Hall–Kier alpha value is -1.55. The number of methoxy groups -OCH3 is 2. The summed E-state index contributed by atoms with van der Waals surface area (Å²) in [5.74, 6) is -0.900. The summed E-state index contributed by atoms with van der Waals surface area (Å²) in [6.07, 6.45) is 0. The fraction of sp³-hybridized carbons (Fsp3) is 0.385. The summed E-state index contributed by atoms with van der Waals surface area (Å²) in [6, 6.07) is 3.40. The maximum Gasteiger partial charge on any atom is 0.331 e. The van der Waals surface area contributed by atoms with Crippen LogP contribution in [0, 0.1) is 13.8 Å². The number of hydrogen-bond donors (Lipinski definition) is 0. The predicted molar refractivity (Wildman–Crippen MR) is 68.5 cm³/mol. The van der Waals surface area contributed by atoms with Gasteiger partial charge in [-0.15, -0.1) is 11.6 Å². The number of Topliss-reactive ketones (excluding diaryl/α,β-unsaturated/α-hetero) is 1. The summed E-state index contributed by atoms with van der Waals surface area (Å²) in [5.41, 5.74) is 2.20. The van der Waals surface area contributed by atoms with E-state index in [0.29, 0.717) is 5.75 Å². The lowest BCUT2D eigenvalue weighted by Gasteiger charge is -2.12. The van der Waals surface area contributed by atoms with E-state index in [4.69, 9.17) is 16.3 Å². The minimum Gasteiger partial charge on any atom is -0.496 e. The monoisotopic (exact) mass is 270 g/mol. The molecule has 4 nitrogen and oxygen atoms in total. The van der Waals surface area contributed by atoms with Crippen molar-refractivity contribution in [2.24, 2.45) is 0 Å². The van der Waals surface area contributed by atoms with E-state index in [-0.39, 0.29) is 5.56 Å². The first-order valence-electron chi connectivity index (χ1n) is 5.33. The van der Waals surface area contributed by atoms with Gasteiger partial charge in [0.05, 0.1) is 19.8 Å². The second kappa shape index (κ2) is 5.87. The van der Waals surface area contributed by atoms with Crippen LogP contribution in [-0.2, 0) is 9.53 Å². The van der Waals surface area contributed by atoms with Crippen LogP contribution in [0.4, 0.5) is 0 Å². The zero-order valence-electron chi connectivity index (χ0n) is 10.7. The van der Waals surface area contributed by atoms with Crippen molar-refractivity contribution in [2.75, 3.05) is 14.2 Å². The summed E-state index contributed by atoms with van der Waals surface area (Å²) in [7, 11) is 2.64. The minimum absolute atomic E-state index is 0.283. The highest BCUT2D eigenvalue weighted by Gasteiger charge is 2.28. The van der Waals surface area contributed by atoms with E-state index in [2.05, 4.69) is 4.74 Å². The molecule has 1 atom stereocenters. The second-order valence-electron chi connectivity index (χ2n) is 3.89. The van der Waals surface area contributed by atoms with Crippen LogP contribution in [0.25, 0.3) is 0 Å². The summed E-state index contributed by atoms with van der Waals surface area (Å²) < 4.78 is 9.58. The molecule has 1 unspecified atom stereocenters. The number of carbonyl (C=O) groups excluding carboxylic acids is 2. The average molecular weight is 271 g/mol. The van der Waals surface area contributed by atoms with E-state index in [9.17, 15) is 9.59 Å². The van der Waals surface area contributed by atoms with E-state index >= 15 is 0 Å². The largest absolute Gasteiger partial charge is 0.496 e. The molecule has 0 fully saturated rings. The van der Waals surface area contributed by atoms with Gasteiger partial charge in [-0.1, -0.05) is 0 Å². The van der Waals surface area contributed by atoms with Gasteiger partial charge in [0.1, 0.15) is 5.75 Å². The van der Waals surface area contributed by atoms with E-state index in [1.54, 1.807) is 12.1 Å². The van der Waals surface area contributed by atoms with E-state index in [1.807, 2.05) is 13.8 Å². The Labute approximate surface area is 111 Å². The maximum atomic E-state index is 12.1. The van der Waals surface area contributed by atoms with Gasteiger partial charge in [0.2, 0.25) is 0 Å². The van der Waals surface area contributed by atoms with Crippen molar-refractivity contribution >= 4 is 23.4 Å². The first kappa shape index (κ1) is 14.5. The van der Waals surface area contributed by atoms with Crippen molar-refractivity contribution in [1.82, 2.24) is 0 Å². The molecule has 0 N–H and O–H groups in total. The van der Waals surface area contributed by atoms with Crippen LogP contribution in [0.2, 0.25) is 0 Å². The van der Waals surface area contributed by atoms with Gasteiger partial charge < -0.3 is 9.47 Å². The van der Waals surface area contributed by atoms with Crippen LogP contribution in [-0.4, -0.2) is 31.3 Å². The van der Waals surface area contributed by atoms with Crippen LogP contribution in [0.5, 0.6) is 5.75 Å². The molecule has 0 aliphatic heterocycles. The molecule has 0 bridgehead atoms. The normalized spacial score (nSPS) is 11.8. The van der Waals surface area contributed by atoms with Crippen molar-refractivity contribution < 1.29 is 19.1 Å². The topological polar surface area (TPSA) is 52.6 Å². The third kappa shape index (κ3) is 2.82. The summed E-state index contributed by atoms with van der Waals surface area (Å²) >= 11 is 5.76. The number of aryl methyl sites for hydroxylation is 2. The lowest BCUT2D eigenvalue weighted by molar-refractivity contribution is -0.139. The van der Waals surface area contributed by atoms with Crippen LogP contribution in [0.15, 0.2) is 12.1 Å². The van der Waals surface area contributed by atoms with Crippen molar-refractivity contribution in [3.8, 4) is 5.75 Å². The Morgan fingerprint density at radius 3 is 2.22 bits per heavy atom. The number of ether oxygens (including phenoxy) is 2. The summed E-state index contributed by atoms with van der Waals surface area (Å²) in [4.78, 5) is 23.3. The highest BCUT2D eigenvalue weighted by molar-refractivity contribution is 6.43. The number of benzene rings is 1. The number of ketones is 1. The predicted octanol–water partition coefficient (Wildman–Crippen LogP) is 2.28. The van der Waals surface area contributed by atoms with Crippen molar-refractivity contribution in [1.29, 1.82) is 0 Å². The molecule has 1 rings (SSSR count). The van der Waals surface area contributed by atoms with E-state index in [0.717, 1.165) is 11.1 Å². The van der Waals surface area contributed by atoms with E-state index < -0.39 is 17.1 Å². The third-order valence-electron chi connectivity index (χ3n) is 2.72. The molecule has 0 aliphatic carbocycles. The molecule has 0 radical (unpaired) electrons.